The Bertz CT molecular complexity index is 429. The van der Waals surface area contributed by atoms with Crippen LogP contribution in [0.1, 0.15) is 10.6 Å². The molecule has 16 heavy (non-hydrogen) atoms. The number of thioether (sulfide) groups is 1. The van der Waals surface area contributed by atoms with Gasteiger partial charge in [0.15, 0.2) is 0 Å². The average Bonchev–Trinajstić information content (AvgIpc) is 2.78. The number of nitrogen functional groups attached to an aromatic ring is 1. The Morgan fingerprint density at radius 1 is 1.19 bits per heavy atom. The summed E-state index contributed by atoms with van der Waals surface area (Å²) in [6, 6.07) is 10.4. The number of nitrogens with one attached hydrogen (secondary N) is 1. The minimum atomic E-state index is 0.662. The van der Waals surface area contributed by atoms with Crippen molar-refractivity contribution in [1.82, 2.24) is 10.2 Å². The standard InChI is InChI=1S/C10H12N4S2/c11-12-10-14-13-9(16-10)7-15-6-8-4-2-1-3-5-8/h1-5H,6-7,11H2,(H,12,14). The number of anilines is 1. The minimum Gasteiger partial charge on any atom is -0.298 e. The van der Waals surface area contributed by atoms with Gasteiger partial charge in [0.1, 0.15) is 5.01 Å². The Labute approximate surface area is 102 Å². The zero-order valence-electron chi connectivity index (χ0n) is 8.59. The van der Waals surface area contributed by atoms with E-state index in [1.165, 1.54) is 16.9 Å². The van der Waals surface area contributed by atoms with Gasteiger partial charge in [0, 0.05) is 11.5 Å². The van der Waals surface area contributed by atoms with E-state index in [0.29, 0.717) is 5.13 Å². The molecule has 4 nitrogen and oxygen atoms in total. The van der Waals surface area contributed by atoms with Crippen molar-refractivity contribution in [2.24, 2.45) is 5.84 Å². The molecule has 0 saturated heterocycles. The zero-order chi connectivity index (χ0) is 11.2. The van der Waals surface area contributed by atoms with Crippen LogP contribution in [0.4, 0.5) is 5.13 Å². The third-order valence-corrected chi connectivity index (χ3v) is 3.98. The number of nitrogens with two attached hydrogens (primary N) is 1. The average molecular weight is 252 g/mol. The fourth-order valence-corrected chi connectivity index (χ4v) is 2.89. The van der Waals surface area contributed by atoms with Crippen LogP contribution < -0.4 is 11.3 Å². The number of hydrogen-bond donors (Lipinski definition) is 2. The van der Waals surface area contributed by atoms with E-state index in [1.54, 1.807) is 0 Å². The van der Waals surface area contributed by atoms with E-state index in [9.17, 15) is 0 Å². The van der Waals surface area contributed by atoms with Crippen LogP contribution in [0.5, 0.6) is 0 Å². The fraction of sp³-hybridized carbons (Fsp3) is 0.200. The second-order valence-corrected chi connectivity index (χ2v) is 5.17. The van der Waals surface area contributed by atoms with Crippen LogP contribution >= 0.6 is 23.1 Å². The zero-order valence-corrected chi connectivity index (χ0v) is 10.2. The van der Waals surface area contributed by atoms with Crippen molar-refractivity contribution in [3.8, 4) is 0 Å². The van der Waals surface area contributed by atoms with Crippen LogP contribution in [-0.4, -0.2) is 10.2 Å². The number of rotatable bonds is 5. The molecule has 2 aromatic rings. The summed E-state index contributed by atoms with van der Waals surface area (Å²) in [7, 11) is 0. The predicted molar refractivity (Wildman–Crippen MR) is 69.2 cm³/mol. The summed E-state index contributed by atoms with van der Waals surface area (Å²) in [6.07, 6.45) is 0. The molecule has 1 aromatic heterocycles. The predicted octanol–water partition coefficient (Wildman–Crippen LogP) is 2.26. The second kappa shape index (κ2) is 5.83. The highest BCUT2D eigenvalue weighted by Gasteiger charge is 2.02. The Kier molecular flexibility index (Phi) is 4.15. The summed E-state index contributed by atoms with van der Waals surface area (Å²) in [6.45, 7) is 0. The quantitative estimate of drug-likeness (QED) is 0.631. The molecule has 0 aliphatic rings. The van der Waals surface area contributed by atoms with Gasteiger partial charge >= 0.3 is 0 Å². The van der Waals surface area contributed by atoms with Crippen molar-refractivity contribution < 1.29 is 0 Å². The number of aromatic nitrogens is 2. The van der Waals surface area contributed by atoms with Crippen LogP contribution in [0.2, 0.25) is 0 Å². The topological polar surface area (TPSA) is 63.8 Å². The van der Waals surface area contributed by atoms with Crippen molar-refractivity contribution >= 4 is 28.2 Å². The first-order valence-corrected chi connectivity index (χ1v) is 6.76. The lowest BCUT2D eigenvalue weighted by Crippen LogP contribution is -2.05. The maximum absolute atomic E-state index is 5.23. The van der Waals surface area contributed by atoms with Gasteiger partial charge in [-0.2, -0.15) is 0 Å². The lowest BCUT2D eigenvalue weighted by atomic mass is 10.2. The van der Waals surface area contributed by atoms with Crippen LogP contribution in [0.15, 0.2) is 30.3 Å². The molecular formula is C10H12N4S2. The van der Waals surface area contributed by atoms with Gasteiger partial charge in [0.25, 0.3) is 0 Å². The van der Waals surface area contributed by atoms with Crippen molar-refractivity contribution in [3.63, 3.8) is 0 Å². The highest BCUT2D eigenvalue weighted by Crippen LogP contribution is 2.21. The Morgan fingerprint density at radius 2 is 2.00 bits per heavy atom. The first-order chi connectivity index (χ1) is 7.88. The van der Waals surface area contributed by atoms with Crippen molar-refractivity contribution in [1.29, 1.82) is 0 Å². The minimum absolute atomic E-state index is 0.662. The maximum atomic E-state index is 5.23. The van der Waals surface area contributed by atoms with Gasteiger partial charge in [0.2, 0.25) is 5.13 Å². The molecule has 0 saturated carbocycles. The van der Waals surface area contributed by atoms with Crippen LogP contribution in [0.25, 0.3) is 0 Å². The van der Waals surface area contributed by atoms with Crippen molar-refractivity contribution in [3.05, 3.63) is 40.9 Å². The molecule has 1 heterocycles. The number of hydrazine groups is 1. The van der Waals surface area contributed by atoms with Gasteiger partial charge in [-0.25, -0.2) is 5.84 Å². The molecule has 84 valence electrons. The summed E-state index contributed by atoms with van der Waals surface area (Å²) in [5, 5.41) is 9.56. The third kappa shape index (κ3) is 3.19. The first kappa shape index (κ1) is 11.4. The summed E-state index contributed by atoms with van der Waals surface area (Å²) >= 11 is 3.31. The maximum Gasteiger partial charge on any atom is 0.219 e. The van der Waals surface area contributed by atoms with E-state index < -0.39 is 0 Å². The molecule has 3 N–H and O–H groups in total. The Morgan fingerprint density at radius 3 is 2.69 bits per heavy atom. The third-order valence-electron chi connectivity index (χ3n) is 1.93. The number of benzene rings is 1. The summed E-state index contributed by atoms with van der Waals surface area (Å²) in [4.78, 5) is 0. The lowest BCUT2D eigenvalue weighted by Gasteiger charge is -1.98. The van der Waals surface area contributed by atoms with E-state index in [0.717, 1.165) is 16.5 Å². The molecule has 0 unspecified atom stereocenters. The summed E-state index contributed by atoms with van der Waals surface area (Å²) in [5.74, 6) is 7.10. The molecule has 1 aromatic carbocycles. The SMILES string of the molecule is NNc1nnc(CSCc2ccccc2)s1. The molecule has 0 bridgehead atoms. The van der Waals surface area contributed by atoms with Crippen molar-refractivity contribution in [2.75, 3.05) is 5.43 Å². The highest BCUT2D eigenvalue weighted by molar-refractivity contribution is 7.97. The fourth-order valence-electron chi connectivity index (χ4n) is 1.20. The molecular weight excluding hydrogens is 240 g/mol. The van der Waals surface area contributed by atoms with Crippen LogP contribution in [0.3, 0.4) is 0 Å². The normalized spacial score (nSPS) is 10.3. The molecule has 0 spiro atoms. The molecule has 0 radical (unpaired) electrons. The van der Waals surface area contributed by atoms with E-state index in [-0.39, 0.29) is 0 Å². The smallest absolute Gasteiger partial charge is 0.219 e. The van der Waals surface area contributed by atoms with Gasteiger partial charge in [-0.1, -0.05) is 41.7 Å². The number of nitrogens with zero attached hydrogens (tertiary/aromatic N) is 2. The van der Waals surface area contributed by atoms with Gasteiger partial charge in [0.05, 0.1) is 0 Å². The molecule has 0 aliphatic carbocycles. The van der Waals surface area contributed by atoms with Crippen LogP contribution in [0, 0.1) is 0 Å². The summed E-state index contributed by atoms with van der Waals surface area (Å²) < 4.78 is 0. The number of hydrogen-bond acceptors (Lipinski definition) is 6. The Hall–Kier alpha value is -1.11. The molecule has 6 heteroatoms. The highest BCUT2D eigenvalue weighted by atomic mass is 32.2. The van der Waals surface area contributed by atoms with E-state index in [2.05, 4.69) is 39.9 Å². The largest absolute Gasteiger partial charge is 0.298 e. The van der Waals surface area contributed by atoms with E-state index in [1.807, 2.05) is 17.8 Å². The Balaban J connectivity index is 1.80. The molecule has 2 rings (SSSR count). The van der Waals surface area contributed by atoms with Gasteiger partial charge in [-0.3, -0.25) is 5.43 Å². The van der Waals surface area contributed by atoms with Crippen molar-refractivity contribution in [2.45, 2.75) is 11.5 Å². The van der Waals surface area contributed by atoms with Crippen LogP contribution in [-0.2, 0) is 11.5 Å². The van der Waals surface area contributed by atoms with Gasteiger partial charge in [-0.05, 0) is 5.56 Å². The molecule has 0 fully saturated rings. The monoisotopic (exact) mass is 252 g/mol. The second-order valence-electron chi connectivity index (χ2n) is 3.12. The van der Waals surface area contributed by atoms with E-state index in [4.69, 9.17) is 5.84 Å². The first-order valence-electron chi connectivity index (χ1n) is 4.79. The van der Waals surface area contributed by atoms with E-state index >= 15 is 0 Å². The molecule has 0 atom stereocenters. The van der Waals surface area contributed by atoms with Gasteiger partial charge < -0.3 is 0 Å². The molecule has 0 aliphatic heterocycles. The lowest BCUT2D eigenvalue weighted by molar-refractivity contribution is 1.03. The van der Waals surface area contributed by atoms with Gasteiger partial charge in [-0.15, -0.1) is 22.0 Å². The molecule has 0 amide bonds. The summed E-state index contributed by atoms with van der Waals surface area (Å²) in [5.41, 5.74) is 3.82.